The average Bonchev–Trinajstić information content (AvgIpc) is 2.29. The van der Waals surface area contributed by atoms with Crippen LogP contribution in [0.1, 0.15) is 10.4 Å². The molecule has 0 saturated carbocycles. The van der Waals surface area contributed by atoms with E-state index in [9.17, 15) is 14.9 Å². The Balaban J connectivity index is 2.94. The molecule has 0 aliphatic rings. The number of hydrogen-bond donors (Lipinski definition) is 2. The van der Waals surface area contributed by atoms with Crippen LogP contribution in [0.4, 0.5) is 11.4 Å². The number of rotatable bonds is 6. The third-order valence-electron chi connectivity index (χ3n) is 2.06. The Labute approximate surface area is 97.2 Å². The Kier molecular flexibility index (Phi) is 4.41. The van der Waals surface area contributed by atoms with Gasteiger partial charge < -0.3 is 15.2 Å². The lowest BCUT2D eigenvalue weighted by Gasteiger charge is -2.06. The summed E-state index contributed by atoms with van der Waals surface area (Å²) in [5.74, 6) is -1.33. The number of methoxy groups -OCH3 is 1. The molecule has 7 heteroatoms. The second-order valence-electron chi connectivity index (χ2n) is 3.21. The minimum atomic E-state index is -1.33. The first kappa shape index (κ1) is 12.9. The minimum absolute atomic E-state index is 0.336. The Hall–Kier alpha value is -2.15. The maximum absolute atomic E-state index is 10.9. The van der Waals surface area contributed by atoms with Crippen molar-refractivity contribution in [2.24, 2.45) is 0 Å². The summed E-state index contributed by atoms with van der Waals surface area (Å²) in [6.45, 7) is 0.951. The van der Waals surface area contributed by atoms with Gasteiger partial charge in [0.2, 0.25) is 0 Å². The van der Waals surface area contributed by atoms with Crippen molar-refractivity contribution in [1.82, 2.24) is 0 Å². The number of carboxylic acid groups (broad SMARTS) is 1. The molecule has 0 spiro atoms. The number of nitrogens with zero attached hydrogens (tertiary/aromatic N) is 1. The van der Waals surface area contributed by atoms with Crippen LogP contribution in [0, 0.1) is 10.1 Å². The number of nitro groups is 1. The van der Waals surface area contributed by atoms with Crippen molar-refractivity contribution in [3.8, 4) is 0 Å². The van der Waals surface area contributed by atoms with E-state index in [-0.39, 0.29) is 5.56 Å². The third kappa shape index (κ3) is 3.42. The highest BCUT2D eigenvalue weighted by molar-refractivity contribution is 5.93. The van der Waals surface area contributed by atoms with Crippen LogP contribution in [-0.2, 0) is 4.74 Å². The molecule has 1 aromatic carbocycles. The highest BCUT2D eigenvalue weighted by atomic mass is 16.6. The molecule has 0 bridgehead atoms. The lowest BCUT2D eigenvalue weighted by atomic mass is 10.1. The maximum atomic E-state index is 10.9. The molecule has 0 atom stereocenters. The molecule has 1 rings (SSSR count). The molecule has 1 aromatic rings. The molecule has 0 unspecified atom stereocenters. The second kappa shape index (κ2) is 5.80. The summed E-state index contributed by atoms with van der Waals surface area (Å²) >= 11 is 0. The van der Waals surface area contributed by atoms with Crippen LogP contribution in [0.2, 0.25) is 0 Å². The highest BCUT2D eigenvalue weighted by Gasteiger charge is 2.19. The van der Waals surface area contributed by atoms with Crippen molar-refractivity contribution in [2.75, 3.05) is 25.6 Å². The molecule has 2 N–H and O–H groups in total. The monoisotopic (exact) mass is 240 g/mol. The molecule has 17 heavy (non-hydrogen) atoms. The molecule has 92 valence electrons. The smallest absolute Gasteiger partial charge is 0.342 e. The number of anilines is 1. The van der Waals surface area contributed by atoms with Gasteiger partial charge in [0, 0.05) is 25.4 Å². The zero-order chi connectivity index (χ0) is 12.8. The first-order valence-corrected chi connectivity index (χ1v) is 4.80. The number of nitro benzene ring substituents is 1. The molecule has 7 nitrogen and oxygen atoms in total. The quantitative estimate of drug-likeness (QED) is 0.442. The Bertz CT molecular complexity index is 433. The largest absolute Gasteiger partial charge is 0.477 e. The Morgan fingerprint density at radius 3 is 2.82 bits per heavy atom. The molecule has 0 aliphatic carbocycles. The first-order valence-electron chi connectivity index (χ1n) is 4.80. The van der Waals surface area contributed by atoms with Crippen LogP contribution in [0.5, 0.6) is 0 Å². The van der Waals surface area contributed by atoms with Crippen molar-refractivity contribution in [2.45, 2.75) is 0 Å². The number of carboxylic acids is 1. The van der Waals surface area contributed by atoms with Crippen LogP contribution in [0.25, 0.3) is 0 Å². The summed E-state index contributed by atoms with van der Waals surface area (Å²) in [4.78, 5) is 20.7. The maximum Gasteiger partial charge on any atom is 0.342 e. The van der Waals surface area contributed by atoms with Gasteiger partial charge in [0.25, 0.3) is 5.69 Å². The fourth-order valence-corrected chi connectivity index (χ4v) is 1.27. The van der Waals surface area contributed by atoms with Crippen molar-refractivity contribution in [3.05, 3.63) is 33.9 Å². The summed E-state index contributed by atoms with van der Waals surface area (Å²) < 4.78 is 4.82. The van der Waals surface area contributed by atoms with Crippen molar-refractivity contribution < 1.29 is 19.6 Å². The standard InChI is InChI=1S/C10H12N2O5/c1-17-5-4-11-7-2-3-9(12(15)16)8(6-7)10(13)14/h2-3,6,11H,4-5H2,1H3,(H,13,14). The number of hydrogen-bond acceptors (Lipinski definition) is 5. The van der Waals surface area contributed by atoms with Crippen LogP contribution < -0.4 is 5.32 Å². The van der Waals surface area contributed by atoms with Crippen molar-refractivity contribution in [1.29, 1.82) is 0 Å². The lowest BCUT2D eigenvalue weighted by molar-refractivity contribution is -0.385. The number of ether oxygens (including phenoxy) is 1. The number of aromatic carboxylic acids is 1. The second-order valence-corrected chi connectivity index (χ2v) is 3.21. The van der Waals surface area contributed by atoms with E-state index in [1.807, 2.05) is 0 Å². The molecule has 0 aromatic heterocycles. The van der Waals surface area contributed by atoms with Gasteiger partial charge in [-0.15, -0.1) is 0 Å². The van der Waals surface area contributed by atoms with Gasteiger partial charge in [-0.25, -0.2) is 4.79 Å². The molecular weight excluding hydrogens is 228 g/mol. The van der Waals surface area contributed by atoms with E-state index in [0.717, 1.165) is 0 Å². The molecular formula is C10H12N2O5. The number of benzene rings is 1. The summed E-state index contributed by atoms with van der Waals surface area (Å²) in [5.41, 5.74) is -0.253. The SMILES string of the molecule is COCCNc1ccc([N+](=O)[O-])c(C(=O)O)c1. The van der Waals surface area contributed by atoms with Gasteiger partial charge in [-0.2, -0.15) is 0 Å². The predicted octanol–water partition coefficient (Wildman–Crippen LogP) is 1.35. The van der Waals surface area contributed by atoms with Crippen LogP contribution in [0.15, 0.2) is 18.2 Å². The van der Waals surface area contributed by atoms with Gasteiger partial charge in [0.15, 0.2) is 0 Å². The van der Waals surface area contributed by atoms with Crippen molar-refractivity contribution in [3.63, 3.8) is 0 Å². The zero-order valence-electron chi connectivity index (χ0n) is 9.17. The van der Waals surface area contributed by atoms with E-state index in [1.165, 1.54) is 18.2 Å². The number of carbonyl (C=O) groups is 1. The molecule has 0 amide bonds. The van der Waals surface area contributed by atoms with E-state index in [4.69, 9.17) is 9.84 Å². The molecule has 0 radical (unpaired) electrons. The molecule has 0 fully saturated rings. The first-order chi connectivity index (χ1) is 8.06. The van der Waals surface area contributed by atoms with E-state index in [0.29, 0.717) is 18.8 Å². The van der Waals surface area contributed by atoms with Crippen LogP contribution >= 0.6 is 0 Å². The van der Waals surface area contributed by atoms with Gasteiger partial charge in [-0.05, 0) is 12.1 Å². The van der Waals surface area contributed by atoms with Gasteiger partial charge in [-0.3, -0.25) is 10.1 Å². The fraction of sp³-hybridized carbons (Fsp3) is 0.300. The van der Waals surface area contributed by atoms with Gasteiger partial charge in [0.1, 0.15) is 5.56 Å². The van der Waals surface area contributed by atoms with E-state index in [1.54, 1.807) is 7.11 Å². The van der Waals surface area contributed by atoms with Gasteiger partial charge in [-0.1, -0.05) is 0 Å². The Morgan fingerprint density at radius 1 is 1.59 bits per heavy atom. The molecule has 0 saturated heterocycles. The Morgan fingerprint density at radius 2 is 2.29 bits per heavy atom. The normalized spacial score (nSPS) is 9.94. The van der Waals surface area contributed by atoms with E-state index in [2.05, 4.69) is 5.32 Å². The van der Waals surface area contributed by atoms with Gasteiger partial charge >= 0.3 is 5.97 Å². The molecule has 0 heterocycles. The predicted molar refractivity (Wildman–Crippen MR) is 60.4 cm³/mol. The fourth-order valence-electron chi connectivity index (χ4n) is 1.27. The minimum Gasteiger partial charge on any atom is -0.477 e. The number of nitrogens with one attached hydrogen (secondary N) is 1. The summed E-state index contributed by atoms with van der Waals surface area (Å²) in [6, 6.07) is 3.86. The van der Waals surface area contributed by atoms with Crippen LogP contribution in [0.3, 0.4) is 0 Å². The average molecular weight is 240 g/mol. The zero-order valence-corrected chi connectivity index (χ0v) is 9.17. The van der Waals surface area contributed by atoms with E-state index < -0.39 is 16.6 Å². The topological polar surface area (TPSA) is 102 Å². The summed E-state index contributed by atoms with van der Waals surface area (Å²) in [6.07, 6.45) is 0. The van der Waals surface area contributed by atoms with Gasteiger partial charge in [0.05, 0.1) is 11.5 Å². The van der Waals surface area contributed by atoms with Crippen molar-refractivity contribution >= 4 is 17.3 Å². The summed E-state index contributed by atoms with van der Waals surface area (Å²) in [7, 11) is 1.54. The lowest BCUT2D eigenvalue weighted by Crippen LogP contribution is -2.09. The summed E-state index contributed by atoms with van der Waals surface area (Å²) in [5, 5.41) is 22.3. The third-order valence-corrected chi connectivity index (χ3v) is 2.06. The highest BCUT2D eigenvalue weighted by Crippen LogP contribution is 2.22. The van der Waals surface area contributed by atoms with E-state index >= 15 is 0 Å². The molecule has 0 aliphatic heterocycles. The van der Waals surface area contributed by atoms with Crippen LogP contribution in [-0.4, -0.2) is 36.3 Å².